The quantitative estimate of drug-likeness (QED) is 0.488. The van der Waals surface area contributed by atoms with Crippen molar-refractivity contribution in [3.05, 3.63) is 89.1 Å². The molecule has 148 valence electrons. The molecule has 0 fully saturated rings. The van der Waals surface area contributed by atoms with Gasteiger partial charge in [0.1, 0.15) is 5.52 Å². The fraction of sp³-hybridized carbons (Fsp3) is 0.0870. The van der Waals surface area contributed by atoms with Crippen LogP contribution in [0.3, 0.4) is 0 Å². The van der Waals surface area contributed by atoms with Crippen LogP contribution in [0.25, 0.3) is 39.4 Å². The van der Waals surface area contributed by atoms with Crippen LogP contribution in [0.4, 0.5) is 0 Å². The summed E-state index contributed by atoms with van der Waals surface area (Å²) in [5.74, 6) is 1.01. The predicted molar refractivity (Wildman–Crippen MR) is 117 cm³/mol. The molecule has 3 aromatic heterocycles. The summed E-state index contributed by atoms with van der Waals surface area (Å²) in [6.07, 6.45) is 5.39. The number of imidazole rings is 1. The molecular weight excluding hydrogens is 376 g/mol. The molecule has 0 radical (unpaired) electrons. The number of nitrogens with one attached hydrogen (secondary N) is 1. The van der Waals surface area contributed by atoms with Crippen molar-refractivity contribution in [2.75, 3.05) is 0 Å². The molecule has 30 heavy (non-hydrogen) atoms. The lowest BCUT2D eigenvalue weighted by Gasteiger charge is -2.07. The first-order valence-electron chi connectivity index (χ1n) is 9.64. The Hall–Kier alpha value is -3.97. The first-order chi connectivity index (χ1) is 14.7. The van der Waals surface area contributed by atoms with Gasteiger partial charge in [-0.25, -0.2) is 9.50 Å². The molecule has 0 atom stereocenters. The molecule has 0 aliphatic rings. The molecule has 0 amide bonds. The van der Waals surface area contributed by atoms with Crippen LogP contribution >= 0.6 is 0 Å². The van der Waals surface area contributed by atoms with Crippen LogP contribution in [0.5, 0.6) is 0 Å². The molecule has 3 heterocycles. The Morgan fingerprint density at radius 3 is 2.60 bits per heavy atom. The van der Waals surface area contributed by atoms with Crippen LogP contribution < -0.4 is 11.3 Å². The highest BCUT2D eigenvalue weighted by Gasteiger charge is 2.20. The number of H-pyrrole nitrogens is 1. The van der Waals surface area contributed by atoms with Gasteiger partial charge in [0, 0.05) is 43.3 Å². The van der Waals surface area contributed by atoms with Gasteiger partial charge in [-0.1, -0.05) is 48.5 Å². The number of benzene rings is 2. The number of hydrogen-bond acceptors (Lipinski definition) is 4. The molecule has 0 aliphatic heterocycles. The van der Waals surface area contributed by atoms with Gasteiger partial charge in [-0.15, -0.1) is 5.10 Å². The average molecular weight is 396 g/mol. The van der Waals surface area contributed by atoms with Crippen molar-refractivity contribution < 1.29 is 0 Å². The summed E-state index contributed by atoms with van der Waals surface area (Å²) in [6.45, 7) is 0.448. The molecule has 5 rings (SSSR count). The summed E-state index contributed by atoms with van der Waals surface area (Å²) >= 11 is 0. The van der Waals surface area contributed by atoms with Gasteiger partial charge in [-0.05, 0) is 22.8 Å². The number of nitrogens with zero attached hydrogens (tertiary/aromatic N) is 4. The number of rotatable bonds is 4. The van der Waals surface area contributed by atoms with E-state index in [1.165, 1.54) is 0 Å². The van der Waals surface area contributed by atoms with E-state index in [2.05, 4.69) is 21.1 Å². The second kappa shape index (κ2) is 7.13. The van der Waals surface area contributed by atoms with E-state index in [-0.39, 0.29) is 5.56 Å². The maximum atomic E-state index is 13.2. The smallest absolute Gasteiger partial charge is 0.276 e. The minimum absolute atomic E-state index is 0.219. The third-order valence-corrected chi connectivity index (χ3v) is 5.21. The lowest BCUT2D eigenvalue weighted by atomic mass is 9.96. The van der Waals surface area contributed by atoms with Crippen LogP contribution in [-0.4, -0.2) is 24.1 Å². The van der Waals surface area contributed by atoms with Crippen LogP contribution in [0, 0.1) is 0 Å². The summed E-state index contributed by atoms with van der Waals surface area (Å²) in [7, 11) is 1.86. The van der Waals surface area contributed by atoms with Crippen molar-refractivity contribution in [2.45, 2.75) is 6.54 Å². The number of hydrogen-bond donors (Lipinski definition) is 2. The first-order valence-corrected chi connectivity index (χ1v) is 9.64. The Kier molecular flexibility index (Phi) is 4.30. The highest BCUT2D eigenvalue weighted by Crippen LogP contribution is 2.36. The zero-order valence-corrected chi connectivity index (χ0v) is 16.4. The van der Waals surface area contributed by atoms with Gasteiger partial charge in [0.2, 0.25) is 0 Å². The zero-order chi connectivity index (χ0) is 20.7. The largest absolute Gasteiger partial charge is 0.331 e. The first kappa shape index (κ1) is 18.1. The van der Waals surface area contributed by atoms with Gasteiger partial charge in [0.05, 0.1) is 0 Å². The molecule has 2 aromatic carbocycles. The summed E-state index contributed by atoms with van der Waals surface area (Å²) in [6, 6.07) is 17.9. The third-order valence-electron chi connectivity index (χ3n) is 5.21. The van der Waals surface area contributed by atoms with Gasteiger partial charge in [-0.3, -0.25) is 4.79 Å². The molecule has 0 unspecified atom stereocenters. The molecule has 0 spiro atoms. The normalized spacial score (nSPS) is 11.3. The van der Waals surface area contributed by atoms with Crippen molar-refractivity contribution in [1.82, 2.24) is 24.1 Å². The van der Waals surface area contributed by atoms with Crippen molar-refractivity contribution in [3.8, 4) is 33.9 Å². The Balaban J connectivity index is 1.83. The summed E-state index contributed by atoms with van der Waals surface area (Å²) in [5.41, 5.74) is 10.8. The van der Waals surface area contributed by atoms with Gasteiger partial charge in [0.25, 0.3) is 5.56 Å². The molecule has 7 nitrogen and oxygen atoms in total. The van der Waals surface area contributed by atoms with Crippen LogP contribution in [0.2, 0.25) is 0 Å². The molecule has 7 heteroatoms. The highest BCUT2D eigenvalue weighted by molar-refractivity contribution is 5.94. The minimum Gasteiger partial charge on any atom is -0.331 e. The van der Waals surface area contributed by atoms with Gasteiger partial charge >= 0.3 is 0 Å². The zero-order valence-electron chi connectivity index (χ0n) is 16.4. The molecule has 0 aliphatic carbocycles. The fourth-order valence-corrected chi connectivity index (χ4v) is 3.77. The fourth-order valence-electron chi connectivity index (χ4n) is 3.77. The number of nitrogens with two attached hydrogens (primary N) is 1. The standard InChI is InChI=1S/C23H20N6O/c1-28-11-10-25-22(28)21-26-23(30)20-19(16-7-3-2-4-8-16)18(14-29(20)27-21)17-9-5-6-15(12-17)13-24/h2-12,14H,13,24H2,1H3,(H,26,27,30). The number of aromatic nitrogens is 5. The maximum absolute atomic E-state index is 13.2. The molecule has 0 saturated heterocycles. The lowest BCUT2D eigenvalue weighted by Crippen LogP contribution is -2.15. The number of fused-ring (bicyclic) bond motifs is 1. The van der Waals surface area contributed by atoms with E-state index < -0.39 is 0 Å². The van der Waals surface area contributed by atoms with Gasteiger partial charge in [0.15, 0.2) is 11.6 Å². The van der Waals surface area contributed by atoms with E-state index in [0.29, 0.717) is 23.7 Å². The third kappa shape index (κ3) is 2.92. The second-order valence-electron chi connectivity index (χ2n) is 7.15. The maximum Gasteiger partial charge on any atom is 0.276 e. The Morgan fingerprint density at radius 2 is 1.87 bits per heavy atom. The number of aromatic amines is 1. The summed E-state index contributed by atoms with van der Waals surface area (Å²) in [5, 5.41) is 4.67. The van der Waals surface area contributed by atoms with Gasteiger partial charge in [-0.2, -0.15) is 0 Å². The molecule has 3 N–H and O–H groups in total. The van der Waals surface area contributed by atoms with Crippen LogP contribution in [0.1, 0.15) is 5.56 Å². The van der Waals surface area contributed by atoms with E-state index in [1.807, 2.05) is 72.5 Å². The van der Waals surface area contributed by atoms with Crippen molar-refractivity contribution in [1.29, 1.82) is 0 Å². The Morgan fingerprint density at radius 1 is 1.07 bits per heavy atom. The lowest BCUT2D eigenvalue weighted by molar-refractivity contribution is 0.851. The summed E-state index contributed by atoms with van der Waals surface area (Å²) in [4.78, 5) is 20.4. The predicted octanol–water partition coefficient (Wildman–Crippen LogP) is 3.22. The van der Waals surface area contributed by atoms with E-state index in [1.54, 1.807) is 10.7 Å². The number of aryl methyl sites for hydroxylation is 1. The van der Waals surface area contributed by atoms with Crippen molar-refractivity contribution >= 4 is 5.52 Å². The van der Waals surface area contributed by atoms with Crippen molar-refractivity contribution in [2.24, 2.45) is 12.8 Å². The molecule has 0 bridgehead atoms. The monoisotopic (exact) mass is 396 g/mol. The van der Waals surface area contributed by atoms with E-state index in [9.17, 15) is 4.79 Å². The van der Waals surface area contributed by atoms with Gasteiger partial charge < -0.3 is 15.3 Å². The molecular formula is C23H20N6O. The van der Waals surface area contributed by atoms with E-state index in [0.717, 1.165) is 27.8 Å². The van der Waals surface area contributed by atoms with Crippen LogP contribution in [0.15, 0.2) is 78.0 Å². The van der Waals surface area contributed by atoms with Crippen LogP contribution in [-0.2, 0) is 13.6 Å². The molecule has 5 aromatic rings. The highest BCUT2D eigenvalue weighted by atomic mass is 16.1. The Bertz CT molecular complexity index is 1410. The average Bonchev–Trinajstić information content (AvgIpc) is 3.38. The topological polar surface area (TPSA) is 94.0 Å². The van der Waals surface area contributed by atoms with Crippen molar-refractivity contribution in [3.63, 3.8) is 0 Å². The minimum atomic E-state index is -0.219. The van der Waals surface area contributed by atoms with E-state index in [4.69, 9.17) is 5.73 Å². The van der Waals surface area contributed by atoms with E-state index >= 15 is 0 Å². The Labute approximate surface area is 172 Å². The SMILES string of the molecule is Cn1ccnc1-c1nn2cc(-c3cccc(CN)c3)c(-c3ccccc3)c2c(=O)[nH]1. The second-order valence-corrected chi connectivity index (χ2v) is 7.15. The summed E-state index contributed by atoms with van der Waals surface area (Å²) < 4.78 is 3.47. The molecule has 0 saturated carbocycles.